The number of nitrogens with one attached hydrogen (secondary N) is 1. The predicted octanol–water partition coefficient (Wildman–Crippen LogP) is 1.30. The zero-order chi connectivity index (χ0) is 18.1. The van der Waals surface area contributed by atoms with E-state index in [2.05, 4.69) is 35.2 Å². The van der Waals surface area contributed by atoms with Gasteiger partial charge in [0.2, 0.25) is 0 Å². The van der Waals surface area contributed by atoms with Gasteiger partial charge in [0.15, 0.2) is 5.65 Å². The van der Waals surface area contributed by atoms with Crippen molar-refractivity contribution in [3.63, 3.8) is 0 Å². The van der Waals surface area contributed by atoms with E-state index in [9.17, 15) is 4.79 Å². The molecule has 0 aromatic carbocycles. The zero-order valence-corrected chi connectivity index (χ0v) is 14.2. The van der Waals surface area contributed by atoms with E-state index < -0.39 is 0 Å². The first-order chi connectivity index (χ1) is 12.0. The van der Waals surface area contributed by atoms with Gasteiger partial charge in [-0.25, -0.2) is 19.5 Å². The van der Waals surface area contributed by atoms with Crippen LogP contribution in [0.4, 0.5) is 0 Å². The Bertz CT molecular complexity index is 964. The summed E-state index contributed by atoms with van der Waals surface area (Å²) in [4.78, 5) is 24.3. The number of nitrogens with zero attached hydrogens (tertiary/aromatic N) is 7. The first kappa shape index (κ1) is 17.9. The highest BCUT2D eigenvalue weighted by molar-refractivity contribution is 5.33. The van der Waals surface area contributed by atoms with Crippen molar-refractivity contribution in [2.45, 2.75) is 20.8 Å². The lowest BCUT2D eigenvalue weighted by Gasteiger charge is -1.90. The predicted molar refractivity (Wildman–Crippen MR) is 91.9 cm³/mol. The summed E-state index contributed by atoms with van der Waals surface area (Å²) in [6.45, 7) is 5.60. The third-order valence-corrected chi connectivity index (χ3v) is 2.82. The van der Waals surface area contributed by atoms with Crippen LogP contribution in [-0.2, 0) is 0 Å². The summed E-state index contributed by atoms with van der Waals surface area (Å²) < 4.78 is 1.65. The summed E-state index contributed by atoms with van der Waals surface area (Å²) in [7, 11) is 0. The van der Waals surface area contributed by atoms with E-state index in [1.54, 1.807) is 24.0 Å². The fourth-order valence-electron chi connectivity index (χ4n) is 1.65. The molecule has 0 atom stereocenters. The van der Waals surface area contributed by atoms with Gasteiger partial charge in [0.25, 0.3) is 5.56 Å². The molecule has 1 N–H and O–H groups in total. The van der Waals surface area contributed by atoms with Crippen molar-refractivity contribution in [1.82, 2.24) is 39.7 Å². The molecule has 0 unspecified atom stereocenters. The highest BCUT2D eigenvalue weighted by Gasteiger charge is 1.92. The molecule has 0 bridgehead atoms. The molecule has 9 heteroatoms. The van der Waals surface area contributed by atoms with Crippen LogP contribution in [0.5, 0.6) is 0 Å². The molecular weight excluding hydrogens is 320 g/mol. The second-order valence-electron chi connectivity index (χ2n) is 4.98. The van der Waals surface area contributed by atoms with Crippen LogP contribution in [0, 0.1) is 20.8 Å². The average Bonchev–Trinajstić information content (AvgIpc) is 3.04. The highest BCUT2D eigenvalue weighted by Crippen LogP contribution is 1.96. The number of rotatable bonds is 0. The molecule has 0 spiro atoms. The normalized spacial score (nSPS) is 9.56. The summed E-state index contributed by atoms with van der Waals surface area (Å²) in [5.41, 5.74) is 2.66. The van der Waals surface area contributed by atoms with Crippen LogP contribution in [0.1, 0.15) is 17.2 Å². The van der Waals surface area contributed by atoms with Gasteiger partial charge in [0.1, 0.15) is 18.5 Å². The maximum absolute atomic E-state index is 10.4. The molecule has 0 amide bonds. The number of hydrogen-bond acceptors (Lipinski definition) is 7. The molecule has 9 nitrogen and oxygen atoms in total. The Hall–Kier alpha value is -3.49. The lowest BCUT2D eigenvalue weighted by molar-refractivity contribution is 0.893. The SMILES string of the molecule is Cc1ccc2nncn2n1.Cc1ccncn1.Cc1nccc(=O)[nH]1. The minimum absolute atomic E-state index is 0.0995. The van der Waals surface area contributed by atoms with Gasteiger partial charge in [0, 0.05) is 24.2 Å². The van der Waals surface area contributed by atoms with E-state index in [-0.39, 0.29) is 5.56 Å². The van der Waals surface area contributed by atoms with Crippen LogP contribution in [0.15, 0.2) is 54.1 Å². The molecule has 0 saturated carbocycles. The second-order valence-corrected chi connectivity index (χ2v) is 4.98. The smallest absolute Gasteiger partial charge is 0.250 e. The van der Waals surface area contributed by atoms with E-state index in [0.29, 0.717) is 5.82 Å². The Labute approximate surface area is 143 Å². The number of aromatic nitrogens is 8. The minimum atomic E-state index is -0.0995. The fraction of sp³-hybridized carbons (Fsp3) is 0.188. The first-order valence-electron chi connectivity index (χ1n) is 7.43. The van der Waals surface area contributed by atoms with Gasteiger partial charge in [-0.3, -0.25) is 4.79 Å². The topological polar surface area (TPSA) is 115 Å². The summed E-state index contributed by atoms with van der Waals surface area (Å²) >= 11 is 0. The monoisotopic (exact) mass is 338 g/mol. The fourth-order valence-corrected chi connectivity index (χ4v) is 1.65. The van der Waals surface area contributed by atoms with Crippen LogP contribution in [0.2, 0.25) is 0 Å². The minimum Gasteiger partial charge on any atom is -0.311 e. The molecule has 25 heavy (non-hydrogen) atoms. The van der Waals surface area contributed by atoms with Crippen LogP contribution in [0.25, 0.3) is 5.65 Å². The molecule has 4 rings (SSSR count). The summed E-state index contributed by atoms with van der Waals surface area (Å²) in [5.74, 6) is 0.650. The van der Waals surface area contributed by atoms with Gasteiger partial charge >= 0.3 is 0 Å². The van der Waals surface area contributed by atoms with Crippen molar-refractivity contribution in [3.05, 3.63) is 76.9 Å². The average molecular weight is 338 g/mol. The summed E-state index contributed by atoms with van der Waals surface area (Å²) in [6.07, 6.45) is 6.33. The van der Waals surface area contributed by atoms with E-state index in [1.807, 2.05) is 32.0 Å². The summed E-state index contributed by atoms with van der Waals surface area (Å²) in [6, 6.07) is 7.03. The van der Waals surface area contributed by atoms with Crippen molar-refractivity contribution in [2.24, 2.45) is 0 Å². The molecule has 0 aliphatic carbocycles. The van der Waals surface area contributed by atoms with Crippen molar-refractivity contribution in [2.75, 3.05) is 0 Å². The molecule has 128 valence electrons. The Balaban J connectivity index is 0.000000138. The molecule has 0 saturated heterocycles. The molecule has 0 aliphatic rings. The van der Waals surface area contributed by atoms with Crippen molar-refractivity contribution < 1.29 is 0 Å². The second kappa shape index (κ2) is 8.96. The maximum Gasteiger partial charge on any atom is 0.250 e. The van der Waals surface area contributed by atoms with E-state index >= 15 is 0 Å². The Morgan fingerprint density at radius 3 is 2.36 bits per heavy atom. The van der Waals surface area contributed by atoms with Crippen molar-refractivity contribution in [3.8, 4) is 0 Å². The largest absolute Gasteiger partial charge is 0.311 e. The summed E-state index contributed by atoms with van der Waals surface area (Å²) in [5, 5.41) is 11.6. The molecule has 4 heterocycles. The zero-order valence-electron chi connectivity index (χ0n) is 14.2. The first-order valence-corrected chi connectivity index (χ1v) is 7.43. The van der Waals surface area contributed by atoms with E-state index in [1.165, 1.54) is 18.6 Å². The van der Waals surface area contributed by atoms with Gasteiger partial charge in [-0.1, -0.05) is 0 Å². The van der Waals surface area contributed by atoms with E-state index in [4.69, 9.17) is 0 Å². The van der Waals surface area contributed by atoms with Gasteiger partial charge in [-0.15, -0.1) is 10.2 Å². The molecular formula is C16H18N8O. The molecule has 0 aliphatic heterocycles. The lowest BCUT2D eigenvalue weighted by atomic mass is 10.4. The van der Waals surface area contributed by atoms with Crippen LogP contribution < -0.4 is 5.56 Å². The van der Waals surface area contributed by atoms with Crippen molar-refractivity contribution >= 4 is 5.65 Å². The molecule has 4 aromatic rings. The lowest BCUT2D eigenvalue weighted by Crippen LogP contribution is -2.05. The van der Waals surface area contributed by atoms with E-state index in [0.717, 1.165) is 17.0 Å². The number of aryl methyl sites for hydroxylation is 3. The Kier molecular flexibility index (Phi) is 6.40. The highest BCUT2D eigenvalue weighted by atomic mass is 16.1. The van der Waals surface area contributed by atoms with Gasteiger partial charge in [-0.05, 0) is 39.0 Å². The van der Waals surface area contributed by atoms with Crippen LogP contribution in [0.3, 0.4) is 0 Å². The van der Waals surface area contributed by atoms with Crippen LogP contribution >= 0.6 is 0 Å². The number of fused-ring (bicyclic) bond motifs is 1. The third-order valence-electron chi connectivity index (χ3n) is 2.82. The van der Waals surface area contributed by atoms with Crippen molar-refractivity contribution in [1.29, 1.82) is 0 Å². The number of H-pyrrole nitrogens is 1. The number of hydrogen-bond donors (Lipinski definition) is 1. The van der Waals surface area contributed by atoms with Gasteiger partial charge in [0.05, 0.1) is 5.69 Å². The third kappa shape index (κ3) is 6.26. The Morgan fingerprint density at radius 1 is 0.960 bits per heavy atom. The molecule has 4 aromatic heterocycles. The van der Waals surface area contributed by atoms with Gasteiger partial charge < -0.3 is 4.98 Å². The number of aromatic amines is 1. The molecule has 0 fully saturated rings. The van der Waals surface area contributed by atoms with Crippen LogP contribution in [-0.4, -0.2) is 39.7 Å². The quantitative estimate of drug-likeness (QED) is 0.514. The molecule has 0 radical (unpaired) electrons. The maximum atomic E-state index is 10.4. The van der Waals surface area contributed by atoms with Gasteiger partial charge in [-0.2, -0.15) is 5.10 Å². The standard InChI is InChI=1S/C6H6N4.C5H6N2O.C5H6N2/c1-5-2-3-6-8-7-4-10(6)9-5;1-4-6-3-2-5(8)7-4;1-5-2-3-6-4-7-5/h2-4H,1H3;2-3H,1H3,(H,6,7,8);2-4H,1H3. The Morgan fingerprint density at radius 2 is 1.80 bits per heavy atom.